The quantitative estimate of drug-likeness (QED) is 0.584. The topological polar surface area (TPSA) is 78.6 Å². The van der Waals surface area contributed by atoms with Crippen LogP contribution >= 0.6 is 12.1 Å². The molecule has 0 aromatic heterocycles. The Hall–Kier alpha value is -1.47. The van der Waals surface area contributed by atoms with Crippen molar-refractivity contribution in [2.75, 3.05) is 17.4 Å². The van der Waals surface area contributed by atoms with E-state index in [4.69, 9.17) is 5.73 Å². The van der Waals surface area contributed by atoms with E-state index in [2.05, 4.69) is 4.72 Å². The van der Waals surface area contributed by atoms with Crippen LogP contribution in [-0.4, -0.2) is 24.1 Å². The number of anilines is 1. The summed E-state index contributed by atoms with van der Waals surface area (Å²) >= 11 is 1.01. The zero-order valence-electron chi connectivity index (χ0n) is 12.3. The maximum absolute atomic E-state index is 14.9. The van der Waals surface area contributed by atoms with E-state index >= 15 is 0 Å². The Morgan fingerprint density at radius 2 is 2.23 bits per heavy atom. The van der Waals surface area contributed by atoms with E-state index in [1.165, 1.54) is 4.31 Å². The first kappa shape index (κ1) is 15.4. The largest absolute Gasteiger partial charge is 0.506 e. The number of nitrogens with zero attached hydrogens (tertiary/aromatic N) is 1. The van der Waals surface area contributed by atoms with Gasteiger partial charge in [-0.05, 0) is 61.8 Å². The lowest BCUT2D eigenvalue weighted by atomic mass is 9.96. The Labute approximate surface area is 133 Å². The molecule has 1 atom stereocenters. The third-order valence-corrected chi connectivity index (χ3v) is 5.27. The molecule has 1 heterocycles. The van der Waals surface area contributed by atoms with Crippen molar-refractivity contribution in [1.29, 1.82) is 0 Å². The van der Waals surface area contributed by atoms with Crippen LogP contribution in [0.5, 0.6) is 5.75 Å². The summed E-state index contributed by atoms with van der Waals surface area (Å²) in [5.41, 5.74) is 7.29. The van der Waals surface area contributed by atoms with Gasteiger partial charge in [-0.3, -0.25) is 13.8 Å². The van der Waals surface area contributed by atoms with Crippen LogP contribution in [0.2, 0.25) is 0 Å². The first-order valence-corrected chi connectivity index (χ1v) is 8.34. The minimum absolute atomic E-state index is 0.0454. The van der Waals surface area contributed by atoms with Crippen LogP contribution in [0.15, 0.2) is 6.07 Å². The van der Waals surface area contributed by atoms with Crippen molar-refractivity contribution in [3.05, 3.63) is 23.0 Å². The lowest BCUT2D eigenvalue weighted by Crippen LogP contribution is -2.17. The molecule has 1 aliphatic carbocycles. The van der Waals surface area contributed by atoms with E-state index in [-0.39, 0.29) is 23.9 Å². The van der Waals surface area contributed by atoms with Crippen molar-refractivity contribution >= 4 is 23.7 Å². The van der Waals surface area contributed by atoms with Gasteiger partial charge in [-0.25, -0.2) is 4.39 Å². The Bertz CT molecular complexity index is 597. The molecule has 1 saturated heterocycles. The molecule has 1 aromatic rings. The summed E-state index contributed by atoms with van der Waals surface area (Å²) in [5, 5.41) is 10.2. The van der Waals surface area contributed by atoms with Crippen molar-refractivity contribution in [3.8, 4) is 5.75 Å². The van der Waals surface area contributed by atoms with Crippen LogP contribution in [0.1, 0.15) is 30.4 Å². The lowest BCUT2D eigenvalue weighted by Gasteiger charge is -2.19. The average molecular weight is 325 g/mol. The number of hydrogen-bond donors (Lipinski definition) is 3. The molecule has 3 rings (SSSR count). The minimum atomic E-state index is -0.396. The normalized spacial score (nSPS) is 21.5. The van der Waals surface area contributed by atoms with Gasteiger partial charge in [-0.1, -0.05) is 0 Å². The number of amides is 1. The molecule has 1 aliphatic heterocycles. The maximum Gasteiger partial charge on any atom is 0.251 e. The van der Waals surface area contributed by atoms with Crippen molar-refractivity contribution < 1.29 is 14.3 Å². The summed E-state index contributed by atoms with van der Waals surface area (Å²) in [7, 11) is 0. The molecule has 1 amide bonds. The number of carbonyl (C=O) groups is 1. The number of aryl methyl sites for hydroxylation is 1. The number of hydrogen-bond acceptors (Lipinski definition) is 5. The third kappa shape index (κ3) is 2.87. The first-order chi connectivity index (χ1) is 10.6. The van der Waals surface area contributed by atoms with Crippen LogP contribution in [-0.2, 0) is 17.6 Å². The second-order valence-corrected chi connectivity index (χ2v) is 6.70. The third-order valence-electron chi connectivity index (χ3n) is 4.42. The molecule has 7 heteroatoms. The smallest absolute Gasteiger partial charge is 0.251 e. The standard InChI is InChI=1S/C15H20FN3O2S/c16-14-11-4-2-9(5-6-17)1-3-10(11)7-12(20)15(14)19-8-13(21)18-22-19/h7,9,20H,1-6,8,17H2,(H,18,21)/t9-/m0/s1. The number of nitrogens with two attached hydrogens (primary N) is 1. The van der Waals surface area contributed by atoms with Crippen molar-refractivity contribution in [2.24, 2.45) is 11.7 Å². The molecule has 22 heavy (non-hydrogen) atoms. The summed E-state index contributed by atoms with van der Waals surface area (Å²) in [6.07, 6.45) is 4.25. The number of rotatable bonds is 3. The van der Waals surface area contributed by atoms with Gasteiger partial charge in [0.05, 0.1) is 12.1 Å². The van der Waals surface area contributed by atoms with E-state index in [1.807, 2.05) is 0 Å². The van der Waals surface area contributed by atoms with Crippen LogP contribution < -0.4 is 14.8 Å². The highest BCUT2D eigenvalue weighted by molar-refractivity contribution is 7.99. The monoisotopic (exact) mass is 325 g/mol. The van der Waals surface area contributed by atoms with Gasteiger partial charge >= 0.3 is 0 Å². The molecule has 5 nitrogen and oxygen atoms in total. The maximum atomic E-state index is 14.9. The van der Waals surface area contributed by atoms with E-state index in [0.717, 1.165) is 43.4 Å². The average Bonchev–Trinajstić information content (AvgIpc) is 2.78. The van der Waals surface area contributed by atoms with Crippen molar-refractivity contribution in [2.45, 2.75) is 32.1 Å². The Morgan fingerprint density at radius 3 is 2.91 bits per heavy atom. The highest BCUT2D eigenvalue weighted by atomic mass is 32.2. The molecule has 0 spiro atoms. The molecule has 0 saturated carbocycles. The van der Waals surface area contributed by atoms with Gasteiger partial charge in [0.2, 0.25) is 0 Å². The van der Waals surface area contributed by atoms with E-state index in [1.54, 1.807) is 6.07 Å². The minimum Gasteiger partial charge on any atom is -0.506 e. The fourth-order valence-electron chi connectivity index (χ4n) is 3.25. The molecular formula is C15H20FN3O2S. The summed E-state index contributed by atoms with van der Waals surface area (Å²) in [4.78, 5) is 11.3. The van der Waals surface area contributed by atoms with E-state index in [0.29, 0.717) is 24.4 Å². The SMILES string of the molecule is NCC[C@H]1CCc2cc(O)c(N3CC(=O)NS3)c(F)c2CC1. The zero-order chi connectivity index (χ0) is 15.7. The van der Waals surface area contributed by atoms with Gasteiger partial charge in [-0.15, -0.1) is 0 Å². The van der Waals surface area contributed by atoms with Gasteiger partial charge < -0.3 is 10.8 Å². The van der Waals surface area contributed by atoms with Gasteiger partial charge in [-0.2, -0.15) is 0 Å². The number of aromatic hydroxyl groups is 1. The highest BCUT2D eigenvalue weighted by Crippen LogP contribution is 2.41. The van der Waals surface area contributed by atoms with Crippen molar-refractivity contribution in [1.82, 2.24) is 4.72 Å². The molecule has 120 valence electrons. The number of halogens is 1. The summed E-state index contributed by atoms with van der Waals surface area (Å²) < 4.78 is 18.9. The van der Waals surface area contributed by atoms with Crippen molar-refractivity contribution in [3.63, 3.8) is 0 Å². The predicted octanol–water partition coefficient (Wildman–Crippen LogP) is 1.87. The van der Waals surface area contributed by atoms with E-state index in [9.17, 15) is 14.3 Å². The summed E-state index contributed by atoms with van der Waals surface area (Å²) in [5.74, 6) is -0.182. The fraction of sp³-hybridized carbons (Fsp3) is 0.533. The predicted molar refractivity (Wildman–Crippen MR) is 84.9 cm³/mol. The van der Waals surface area contributed by atoms with Gasteiger partial charge in [0, 0.05) is 0 Å². The number of phenolic OH excluding ortho intramolecular Hbond substituents is 1. The van der Waals surface area contributed by atoms with Crippen LogP contribution in [0.3, 0.4) is 0 Å². The summed E-state index contributed by atoms with van der Waals surface area (Å²) in [6.45, 7) is 0.696. The second-order valence-electron chi connectivity index (χ2n) is 5.87. The Morgan fingerprint density at radius 1 is 1.45 bits per heavy atom. The van der Waals surface area contributed by atoms with Crippen LogP contribution in [0.25, 0.3) is 0 Å². The number of nitrogens with one attached hydrogen (secondary N) is 1. The molecule has 4 N–H and O–H groups in total. The molecule has 0 bridgehead atoms. The molecular weight excluding hydrogens is 305 g/mol. The molecule has 1 aromatic carbocycles. The van der Waals surface area contributed by atoms with Crippen LogP contribution in [0.4, 0.5) is 10.1 Å². The molecule has 0 unspecified atom stereocenters. The number of fused-ring (bicyclic) bond motifs is 1. The number of phenols is 1. The number of benzene rings is 1. The summed E-state index contributed by atoms with van der Waals surface area (Å²) in [6, 6.07) is 1.65. The van der Waals surface area contributed by atoms with E-state index < -0.39 is 5.82 Å². The fourth-order valence-corrected chi connectivity index (χ4v) is 3.97. The molecule has 0 radical (unpaired) electrons. The van der Waals surface area contributed by atoms with Gasteiger partial charge in [0.1, 0.15) is 18.0 Å². The first-order valence-electron chi connectivity index (χ1n) is 7.56. The van der Waals surface area contributed by atoms with Gasteiger partial charge in [0.15, 0.2) is 5.82 Å². The zero-order valence-corrected chi connectivity index (χ0v) is 13.1. The number of carbonyl (C=O) groups excluding carboxylic acids is 1. The highest BCUT2D eigenvalue weighted by Gasteiger charge is 2.29. The molecule has 1 fully saturated rings. The van der Waals surface area contributed by atoms with Crippen LogP contribution in [0, 0.1) is 11.7 Å². The Kier molecular flexibility index (Phi) is 4.44. The molecule has 2 aliphatic rings. The Balaban J connectivity index is 1.91. The second kappa shape index (κ2) is 6.34. The lowest BCUT2D eigenvalue weighted by molar-refractivity contribution is -0.117. The van der Waals surface area contributed by atoms with Gasteiger partial charge in [0.25, 0.3) is 5.91 Å².